The van der Waals surface area contributed by atoms with E-state index in [1.807, 2.05) is 19.0 Å². The van der Waals surface area contributed by atoms with Crippen LogP contribution in [0.25, 0.3) is 0 Å². The van der Waals surface area contributed by atoms with Gasteiger partial charge < -0.3 is 20.4 Å². The molecule has 0 heterocycles. The predicted molar refractivity (Wildman–Crippen MR) is 50.2 cm³/mol. The zero-order valence-corrected chi connectivity index (χ0v) is 8.36. The molecule has 0 aromatic heterocycles. The standard InChI is InChI=1S/C8H16N2O4/c1-10(2)4-3-9-6(8(13)14)5-7(11)12/h6,9H,3-5H2,1-2H3,(H,11,12)(H,13,14). The first-order valence-electron chi connectivity index (χ1n) is 4.26. The Bertz CT molecular complexity index is 206. The summed E-state index contributed by atoms with van der Waals surface area (Å²) in [5.41, 5.74) is 0. The highest BCUT2D eigenvalue weighted by Gasteiger charge is 2.19. The van der Waals surface area contributed by atoms with Gasteiger partial charge in [0, 0.05) is 13.1 Å². The monoisotopic (exact) mass is 204 g/mol. The molecule has 0 spiro atoms. The molecule has 0 aliphatic heterocycles. The molecule has 6 nitrogen and oxygen atoms in total. The second-order valence-electron chi connectivity index (χ2n) is 3.25. The van der Waals surface area contributed by atoms with Gasteiger partial charge in [0.15, 0.2) is 0 Å². The van der Waals surface area contributed by atoms with Crippen LogP contribution >= 0.6 is 0 Å². The highest BCUT2D eigenvalue weighted by molar-refractivity contribution is 5.80. The van der Waals surface area contributed by atoms with Crippen LogP contribution < -0.4 is 5.32 Å². The number of likely N-dealkylation sites (N-methyl/N-ethyl adjacent to an activating group) is 1. The maximum absolute atomic E-state index is 10.6. The van der Waals surface area contributed by atoms with Crippen molar-refractivity contribution >= 4 is 11.9 Å². The summed E-state index contributed by atoms with van der Waals surface area (Å²) in [5, 5.41) is 19.7. The van der Waals surface area contributed by atoms with Crippen molar-refractivity contribution in [2.45, 2.75) is 12.5 Å². The lowest BCUT2D eigenvalue weighted by molar-refractivity contribution is -0.145. The maximum Gasteiger partial charge on any atom is 0.321 e. The molecule has 0 rings (SSSR count). The van der Waals surface area contributed by atoms with E-state index in [2.05, 4.69) is 5.32 Å². The van der Waals surface area contributed by atoms with E-state index in [-0.39, 0.29) is 0 Å². The largest absolute Gasteiger partial charge is 0.481 e. The molecule has 1 atom stereocenters. The molecule has 0 aliphatic carbocycles. The van der Waals surface area contributed by atoms with Gasteiger partial charge in [-0.2, -0.15) is 0 Å². The average molecular weight is 204 g/mol. The van der Waals surface area contributed by atoms with Gasteiger partial charge in [0.1, 0.15) is 6.04 Å². The van der Waals surface area contributed by atoms with Crippen LogP contribution in [0.15, 0.2) is 0 Å². The number of carbonyl (C=O) groups is 2. The van der Waals surface area contributed by atoms with Gasteiger partial charge in [-0.25, -0.2) is 0 Å². The Kier molecular flexibility index (Phi) is 5.82. The molecule has 1 unspecified atom stereocenters. The third kappa shape index (κ3) is 6.38. The Morgan fingerprint density at radius 3 is 2.29 bits per heavy atom. The summed E-state index contributed by atoms with van der Waals surface area (Å²) in [4.78, 5) is 22.8. The first-order chi connectivity index (χ1) is 6.43. The van der Waals surface area contributed by atoms with Gasteiger partial charge in [-0.3, -0.25) is 9.59 Å². The van der Waals surface area contributed by atoms with Crippen molar-refractivity contribution in [1.29, 1.82) is 0 Å². The average Bonchev–Trinajstić information content (AvgIpc) is 2.00. The highest BCUT2D eigenvalue weighted by Crippen LogP contribution is 1.92. The Hall–Kier alpha value is -1.14. The predicted octanol–water partition coefficient (Wildman–Crippen LogP) is -0.934. The van der Waals surface area contributed by atoms with Gasteiger partial charge in [0.2, 0.25) is 0 Å². The van der Waals surface area contributed by atoms with E-state index >= 15 is 0 Å². The van der Waals surface area contributed by atoms with Gasteiger partial charge in [-0.05, 0) is 14.1 Å². The maximum atomic E-state index is 10.6. The molecule has 0 fully saturated rings. The fourth-order valence-electron chi connectivity index (χ4n) is 0.884. The number of aliphatic carboxylic acids is 2. The minimum Gasteiger partial charge on any atom is -0.481 e. The van der Waals surface area contributed by atoms with Crippen molar-refractivity contribution in [2.24, 2.45) is 0 Å². The van der Waals surface area contributed by atoms with Crippen LogP contribution in [0, 0.1) is 0 Å². The molecular weight excluding hydrogens is 188 g/mol. The fraction of sp³-hybridized carbons (Fsp3) is 0.750. The van der Waals surface area contributed by atoms with Crippen molar-refractivity contribution in [2.75, 3.05) is 27.2 Å². The second kappa shape index (κ2) is 6.33. The van der Waals surface area contributed by atoms with Crippen LogP contribution in [0.3, 0.4) is 0 Å². The van der Waals surface area contributed by atoms with Crippen LogP contribution in [-0.2, 0) is 9.59 Å². The molecule has 6 heteroatoms. The Labute approximate surface area is 82.5 Å². The molecule has 0 aliphatic rings. The molecule has 82 valence electrons. The van der Waals surface area contributed by atoms with E-state index in [1.165, 1.54) is 0 Å². The number of nitrogens with zero attached hydrogens (tertiary/aromatic N) is 1. The molecule has 0 amide bonds. The molecule has 3 N–H and O–H groups in total. The Morgan fingerprint density at radius 1 is 1.36 bits per heavy atom. The third-order valence-corrected chi connectivity index (χ3v) is 1.63. The quantitative estimate of drug-likeness (QED) is 0.496. The SMILES string of the molecule is CN(C)CCNC(CC(=O)O)C(=O)O. The topological polar surface area (TPSA) is 89.9 Å². The first-order valence-corrected chi connectivity index (χ1v) is 4.26. The normalized spacial score (nSPS) is 12.8. The summed E-state index contributed by atoms with van der Waals surface area (Å²) >= 11 is 0. The smallest absolute Gasteiger partial charge is 0.321 e. The van der Waals surface area contributed by atoms with Crippen LogP contribution in [0.1, 0.15) is 6.42 Å². The van der Waals surface area contributed by atoms with Crippen molar-refractivity contribution in [1.82, 2.24) is 10.2 Å². The van der Waals surface area contributed by atoms with E-state index < -0.39 is 24.4 Å². The van der Waals surface area contributed by atoms with Crippen LogP contribution in [0.2, 0.25) is 0 Å². The third-order valence-electron chi connectivity index (χ3n) is 1.63. The second-order valence-corrected chi connectivity index (χ2v) is 3.25. The lowest BCUT2D eigenvalue weighted by atomic mass is 10.2. The number of hydrogen-bond donors (Lipinski definition) is 3. The zero-order valence-electron chi connectivity index (χ0n) is 8.36. The summed E-state index contributed by atoms with van der Waals surface area (Å²) in [5.74, 6) is -2.25. The van der Waals surface area contributed by atoms with Crippen LogP contribution in [0.4, 0.5) is 0 Å². The Morgan fingerprint density at radius 2 is 1.93 bits per heavy atom. The fourth-order valence-corrected chi connectivity index (χ4v) is 0.884. The molecule has 0 radical (unpaired) electrons. The summed E-state index contributed by atoms with van der Waals surface area (Å²) < 4.78 is 0. The van der Waals surface area contributed by atoms with Gasteiger partial charge >= 0.3 is 11.9 Å². The lowest BCUT2D eigenvalue weighted by Gasteiger charge is -2.14. The molecular formula is C8H16N2O4. The number of hydrogen-bond acceptors (Lipinski definition) is 4. The van der Waals surface area contributed by atoms with E-state index in [9.17, 15) is 9.59 Å². The summed E-state index contributed by atoms with van der Waals surface area (Å²) in [6.07, 6.45) is -0.400. The highest BCUT2D eigenvalue weighted by atomic mass is 16.4. The molecule has 0 aromatic rings. The van der Waals surface area contributed by atoms with Gasteiger partial charge in [0.25, 0.3) is 0 Å². The molecule has 0 saturated heterocycles. The van der Waals surface area contributed by atoms with Crippen molar-refractivity contribution in [3.63, 3.8) is 0 Å². The number of rotatable bonds is 7. The summed E-state index contributed by atoms with van der Waals surface area (Å²) in [6.45, 7) is 1.13. The molecule has 0 aromatic carbocycles. The van der Waals surface area contributed by atoms with E-state index in [1.54, 1.807) is 0 Å². The van der Waals surface area contributed by atoms with E-state index in [4.69, 9.17) is 10.2 Å². The zero-order chi connectivity index (χ0) is 11.1. The van der Waals surface area contributed by atoms with E-state index in [0.717, 1.165) is 0 Å². The molecule has 0 bridgehead atoms. The van der Waals surface area contributed by atoms with Gasteiger partial charge in [-0.15, -0.1) is 0 Å². The lowest BCUT2D eigenvalue weighted by Crippen LogP contribution is -2.41. The molecule has 14 heavy (non-hydrogen) atoms. The first kappa shape index (κ1) is 12.9. The van der Waals surface area contributed by atoms with Crippen LogP contribution in [0.5, 0.6) is 0 Å². The molecule has 0 saturated carbocycles. The van der Waals surface area contributed by atoms with Crippen molar-refractivity contribution in [3.8, 4) is 0 Å². The number of carboxylic acid groups (broad SMARTS) is 2. The van der Waals surface area contributed by atoms with Crippen molar-refractivity contribution < 1.29 is 19.8 Å². The number of nitrogens with one attached hydrogen (secondary N) is 1. The van der Waals surface area contributed by atoms with Gasteiger partial charge in [-0.1, -0.05) is 0 Å². The summed E-state index contributed by atoms with van der Waals surface area (Å²) in [7, 11) is 3.71. The number of carboxylic acids is 2. The summed E-state index contributed by atoms with van der Waals surface area (Å²) in [6, 6.07) is -1.01. The van der Waals surface area contributed by atoms with Crippen LogP contribution in [-0.4, -0.2) is 60.3 Å². The minimum atomic E-state index is -1.13. The van der Waals surface area contributed by atoms with Crippen molar-refractivity contribution in [3.05, 3.63) is 0 Å². The van der Waals surface area contributed by atoms with E-state index in [0.29, 0.717) is 13.1 Å². The van der Waals surface area contributed by atoms with Gasteiger partial charge in [0.05, 0.1) is 6.42 Å². The Balaban J connectivity index is 3.86. The minimum absolute atomic E-state index is 0.400.